The van der Waals surface area contributed by atoms with Crippen LogP contribution in [0.3, 0.4) is 0 Å². The Hall–Kier alpha value is -0.870. The Morgan fingerprint density at radius 2 is 2.00 bits per heavy atom. The largest absolute Gasteiger partial charge is 0.308 e. The molecule has 1 unspecified atom stereocenters. The van der Waals surface area contributed by atoms with Gasteiger partial charge in [-0.3, -0.25) is 9.58 Å². The Labute approximate surface area is 123 Å². The number of piperazine rings is 1. The molecule has 1 N–H and O–H groups in total. The maximum absolute atomic E-state index is 4.57. The fraction of sp³-hybridized carbons (Fsp3) is 0.812. The highest BCUT2D eigenvalue weighted by atomic mass is 15.3. The Balaban J connectivity index is 2.20. The van der Waals surface area contributed by atoms with Gasteiger partial charge in [0.05, 0.1) is 11.4 Å². The van der Waals surface area contributed by atoms with E-state index in [1.165, 1.54) is 5.69 Å². The van der Waals surface area contributed by atoms with Crippen molar-refractivity contribution < 1.29 is 0 Å². The van der Waals surface area contributed by atoms with Crippen molar-refractivity contribution in [3.63, 3.8) is 0 Å². The van der Waals surface area contributed by atoms with Crippen molar-refractivity contribution in [2.45, 2.75) is 72.1 Å². The van der Waals surface area contributed by atoms with Crippen LogP contribution < -0.4 is 5.32 Å². The van der Waals surface area contributed by atoms with Gasteiger partial charge in [-0.2, -0.15) is 5.10 Å². The molecule has 1 aromatic rings. The second kappa shape index (κ2) is 5.49. The molecule has 20 heavy (non-hydrogen) atoms. The van der Waals surface area contributed by atoms with Gasteiger partial charge in [-0.05, 0) is 47.1 Å². The summed E-state index contributed by atoms with van der Waals surface area (Å²) in [4.78, 5) is 2.61. The molecule has 2 rings (SSSR count). The highest BCUT2D eigenvalue weighted by Gasteiger charge is 2.39. The molecule has 4 heteroatoms. The van der Waals surface area contributed by atoms with E-state index in [1.807, 2.05) is 0 Å². The predicted octanol–water partition coefficient (Wildman–Crippen LogP) is 2.56. The molecule has 2 heterocycles. The number of hydrogen-bond acceptors (Lipinski definition) is 3. The monoisotopic (exact) mass is 278 g/mol. The maximum Gasteiger partial charge on any atom is 0.0597 e. The minimum absolute atomic E-state index is 0.186. The van der Waals surface area contributed by atoms with Crippen LogP contribution in [0.1, 0.15) is 52.4 Å². The minimum atomic E-state index is 0.186. The summed E-state index contributed by atoms with van der Waals surface area (Å²) in [6.07, 6.45) is 1.16. The second-order valence-corrected chi connectivity index (χ2v) is 7.03. The standard InChI is InChI=1S/C16H30N4/c1-7-16(6)12-19(15(4,5)11-17-16)10-14-9-13(3)18-20(14)8-2/h9,17H,7-8,10-12H2,1-6H3. The maximum atomic E-state index is 4.57. The van der Waals surface area contributed by atoms with E-state index in [0.717, 1.165) is 38.3 Å². The predicted molar refractivity (Wildman–Crippen MR) is 83.8 cm³/mol. The molecule has 0 bridgehead atoms. The van der Waals surface area contributed by atoms with E-state index in [4.69, 9.17) is 0 Å². The van der Waals surface area contributed by atoms with Crippen LogP contribution in [0.5, 0.6) is 0 Å². The summed E-state index contributed by atoms with van der Waals surface area (Å²) < 4.78 is 2.14. The fourth-order valence-electron chi connectivity index (χ4n) is 2.94. The van der Waals surface area contributed by atoms with Crippen LogP contribution in [0.25, 0.3) is 0 Å². The smallest absolute Gasteiger partial charge is 0.0597 e. The number of nitrogens with zero attached hydrogens (tertiary/aromatic N) is 3. The summed E-state index contributed by atoms with van der Waals surface area (Å²) in [5.41, 5.74) is 2.86. The third-order valence-corrected chi connectivity index (χ3v) is 4.76. The van der Waals surface area contributed by atoms with Gasteiger partial charge in [0, 0.05) is 37.3 Å². The van der Waals surface area contributed by atoms with Crippen molar-refractivity contribution >= 4 is 0 Å². The molecule has 1 aliphatic heterocycles. The summed E-state index contributed by atoms with van der Waals surface area (Å²) in [6, 6.07) is 2.23. The van der Waals surface area contributed by atoms with Gasteiger partial charge >= 0.3 is 0 Å². The molecule has 114 valence electrons. The molecule has 1 fully saturated rings. The fourth-order valence-corrected chi connectivity index (χ4v) is 2.94. The summed E-state index contributed by atoms with van der Waals surface area (Å²) in [7, 11) is 0. The molecule has 0 aliphatic carbocycles. The zero-order valence-corrected chi connectivity index (χ0v) is 14.0. The molecule has 0 amide bonds. The summed E-state index contributed by atoms with van der Waals surface area (Å²) in [5, 5.41) is 8.29. The van der Waals surface area contributed by atoms with E-state index in [9.17, 15) is 0 Å². The van der Waals surface area contributed by atoms with Crippen LogP contribution >= 0.6 is 0 Å². The Kier molecular flexibility index (Phi) is 4.26. The number of nitrogens with one attached hydrogen (secondary N) is 1. The molecule has 0 spiro atoms. The van der Waals surface area contributed by atoms with Crippen molar-refractivity contribution in [2.24, 2.45) is 0 Å². The quantitative estimate of drug-likeness (QED) is 0.919. The Morgan fingerprint density at radius 1 is 1.30 bits per heavy atom. The summed E-state index contributed by atoms with van der Waals surface area (Å²) in [6.45, 7) is 17.6. The van der Waals surface area contributed by atoms with Gasteiger partial charge in [0.25, 0.3) is 0 Å². The van der Waals surface area contributed by atoms with Crippen LogP contribution in [0.4, 0.5) is 0 Å². The van der Waals surface area contributed by atoms with Crippen molar-refractivity contribution in [1.29, 1.82) is 0 Å². The molecular weight excluding hydrogens is 248 g/mol. The highest BCUT2D eigenvalue weighted by molar-refractivity contribution is 5.11. The average molecular weight is 278 g/mol. The van der Waals surface area contributed by atoms with E-state index in [-0.39, 0.29) is 11.1 Å². The van der Waals surface area contributed by atoms with E-state index >= 15 is 0 Å². The van der Waals surface area contributed by atoms with Crippen LogP contribution in [-0.4, -0.2) is 38.8 Å². The molecular formula is C16H30N4. The van der Waals surface area contributed by atoms with Crippen LogP contribution in [0.2, 0.25) is 0 Å². The lowest BCUT2D eigenvalue weighted by atomic mass is 9.88. The third kappa shape index (κ3) is 3.07. The normalized spacial score (nSPS) is 26.9. The number of aryl methyl sites for hydroxylation is 2. The first kappa shape index (κ1) is 15.5. The minimum Gasteiger partial charge on any atom is -0.308 e. The molecule has 1 saturated heterocycles. The molecule has 1 aromatic heterocycles. The average Bonchev–Trinajstić information content (AvgIpc) is 2.75. The first-order valence-corrected chi connectivity index (χ1v) is 7.83. The molecule has 1 atom stereocenters. The zero-order chi connectivity index (χ0) is 15.0. The van der Waals surface area contributed by atoms with Gasteiger partial charge in [-0.25, -0.2) is 0 Å². The lowest BCUT2D eigenvalue weighted by molar-refractivity contribution is 0.0226. The van der Waals surface area contributed by atoms with E-state index in [0.29, 0.717) is 0 Å². The van der Waals surface area contributed by atoms with Gasteiger partial charge in [-0.15, -0.1) is 0 Å². The van der Waals surface area contributed by atoms with Crippen molar-refractivity contribution in [2.75, 3.05) is 13.1 Å². The third-order valence-electron chi connectivity index (χ3n) is 4.76. The summed E-state index contributed by atoms with van der Waals surface area (Å²) in [5.74, 6) is 0. The van der Waals surface area contributed by atoms with Gasteiger partial charge in [-0.1, -0.05) is 6.92 Å². The lowest BCUT2D eigenvalue weighted by Gasteiger charge is -2.50. The lowest BCUT2D eigenvalue weighted by Crippen LogP contribution is -2.66. The first-order valence-electron chi connectivity index (χ1n) is 7.83. The Morgan fingerprint density at radius 3 is 2.60 bits per heavy atom. The van der Waals surface area contributed by atoms with Gasteiger partial charge in [0.15, 0.2) is 0 Å². The summed E-state index contributed by atoms with van der Waals surface area (Å²) >= 11 is 0. The van der Waals surface area contributed by atoms with Gasteiger partial charge in [0.1, 0.15) is 0 Å². The highest BCUT2D eigenvalue weighted by Crippen LogP contribution is 2.27. The van der Waals surface area contributed by atoms with Gasteiger partial charge in [0.2, 0.25) is 0 Å². The molecule has 1 aliphatic rings. The van der Waals surface area contributed by atoms with Crippen molar-refractivity contribution in [3.05, 3.63) is 17.5 Å². The van der Waals surface area contributed by atoms with Crippen LogP contribution in [-0.2, 0) is 13.1 Å². The molecule has 0 radical (unpaired) electrons. The van der Waals surface area contributed by atoms with Crippen molar-refractivity contribution in [3.8, 4) is 0 Å². The first-order chi connectivity index (χ1) is 9.29. The van der Waals surface area contributed by atoms with E-state index in [1.54, 1.807) is 0 Å². The van der Waals surface area contributed by atoms with Crippen LogP contribution in [0.15, 0.2) is 6.07 Å². The van der Waals surface area contributed by atoms with Crippen molar-refractivity contribution in [1.82, 2.24) is 20.0 Å². The molecule has 4 nitrogen and oxygen atoms in total. The number of aromatic nitrogens is 2. The molecule has 0 saturated carbocycles. The number of hydrogen-bond donors (Lipinski definition) is 1. The second-order valence-electron chi connectivity index (χ2n) is 7.03. The van der Waals surface area contributed by atoms with E-state index < -0.39 is 0 Å². The van der Waals surface area contributed by atoms with Gasteiger partial charge < -0.3 is 5.32 Å². The Bertz CT molecular complexity index is 463. The van der Waals surface area contributed by atoms with Crippen LogP contribution in [0, 0.1) is 6.92 Å². The topological polar surface area (TPSA) is 33.1 Å². The zero-order valence-electron chi connectivity index (χ0n) is 14.0. The van der Waals surface area contributed by atoms with E-state index in [2.05, 4.69) is 67.6 Å². The SMILES string of the molecule is CCn1nc(C)cc1CN1CC(C)(CC)NCC1(C)C. The molecule has 0 aromatic carbocycles. The number of rotatable bonds is 4.